The molecule has 43 heavy (non-hydrogen) atoms. The van der Waals surface area contributed by atoms with E-state index in [0.717, 1.165) is 45.8 Å². The van der Waals surface area contributed by atoms with Crippen molar-refractivity contribution in [3.63, 3.8) is 0 Å². The Balaban J connectivity index is 1.38. The molecule has 0 aliphatic carbocycles. The number of nitrogens with zero attached hydrogens (tertiary/aromatic N) is 2. The normalized spacial score (nSPS) is 15.7. The molecule has 0 N–H and O–H groups in total. The van der Waals surface area contributed by atoms with Crippen LogP contribution in [0.3, 0.4) is 0 Å². The minimum atomic E-state index is -0.401. The van der Waals surface area contributed by atoms with E-state index in [-0.39, 0.29) is 11.2 Å². The molecule has 1 aliphatic heterocycles. The van der Waals surface area contributed by atoms with Gasteiger partial charge in [0.15, 0.2) is 5.82 Å². The molecule has 2 heterocycles. The minimum Gasteiger partial charge on any atom is -0.399 e. The van der Waals surface area contributed by atoms with Gasteiger partial charge in [0.05, 0.1) is 22.6 Å². The molecule has 0 spiro atoms. The van der Waals surface area contributed by atoms with Crippen molar-refractivity contribution in [2.45, 2.75) is 59.2 Å². The summed E-state index contributed by atoms with van der Waals surface area (Å²) in [6.07, 6.45) is 1.02. The third kappa shape index (κ3) is 6.20. The molecular formula is C38H39BN2O2. The topological polar surface area (TPSA) is 44.2 Å². The van der Waals surface area contributed by atoms with Crippen LogP contribution in [0, 0.1) is 5.92 Å². The molecule has 0 bridgehead atoms. The Labute approximate surface area is 256 Å². The summed E-state index contributed by atoms with van der Waals surface area (Å²) in [6, 6.07) is 38.1. The lowest BCUT2D eigenvalue weighted by Gasteiger charge is -2.32. The maximum Gasteiger partial charge on any atom is 0.494 e. The highest BCUT2D eigenvalue weighted by Crippen LogP contribution is 2.37. The molecule has 0 saturated carbocycles. The van der Waals surface area contributed by atoms with Crippen LogP contribution in [0.15, 0.2) is 109 Å². The largest absolute Gasteiger partial charge is 0.494 e. The van der Waals surface area contributed by atoms with E-state index < -0.39 is 7.12 Å². The number of hydrogen-bond acceptors (Lipinski definition) is 4. The summed E-state index contributed by atoms with van der Waals surface area (Å²) in [5.74, 6) is 1.30. The van der Waals surface area contributed by atoms with Gasteiger partial charge >= 0.3 is 7.12 Å². The van der Waals surface area contributed by atoms with Crippen molar-refractivity contribution in [1.82, 2.24) is 9.97 Å². The highest BCUT2D eigenvalue weighted by Gasteiger charge is 2.51. The average molecular weight is 567 g/mol. The van der Waals surface area contributed by atoms with Crippen molar-refractivity contribution in [3.8, 4) is 45.0 Å². The fraction of sp³-hybridized carbons (Fsp3) is 0.263. The van der Waals surface area contributed by atoms with Crippen molar-refractivity contribution in [2.75, 3.05) is 0 Å². The van der Waals surface area contributed by atoms with Crippen molar-refractivity contribution in [3.05, 3.63) is 115 Å². The van der Waals surface area contributed by atoms with Gasteiger partial charge in [-0.3, -0.25) is 0 Å². The van der Waals surface area contributed by atoms with Crippen molar-refractivity contribution in [2.24, 2.45) is 5.92 Å². The first kappa shape index (κ1) is 29.0. The van der Waals surface area contributed by atoms with Crippen LogP contribution in [-0.4, -0.2) is 28.3 Å². The van der Waals surface area contributed by atoms with Crippen molar-refractivity contribution < 1.29 is 9.31 Å². The lowest BCUT2D eigenvalue weighted by atomic mass is 9.79. The van der Waals surface area contributed by atoms with Gasteiger partial charge in [-0.1, -0.05) is 111 Å². The number of rotatable bonds is 7. The molecule has 0 radical (unpaired) electrons. The van der Waals surface area contributed by atoms with Crippen LogP contribution >= 0.6 is 0 Å². The molecule has 216 valence electrons. The summed E-state index contributed by atoms with van der Waals surface area (Å²) < 4.78 is 12.6. The minimum absolute atomic E-state index is 0.382. The van der Waals surface area contributed by atoms with Crippen LogP contribution in [0.1, 0.15) is 47.1 Å². The number of hydrogen-bond donors (Lipinski definition) is 0. The van der Waals surface area contributed by atoms with E-state index in [2.05, 4.69) is 145 Å². The Morgan fingerprint density at radius 3 is 1.67 bits per heavy atom. The zero-order valence-electron chi connectivity index (χ0n) is 26.0. The van der Waals surface area contributed by atoms with Gasteiger partial charge < -0.3 is 9.31 Å². The summed E-state index contributed by atoms with van der Waals surface area (Å²) in [4.78, 5) is 10.2. The molecule has 0 atom stereocenters. The molecule has 5 heteroatoms. The second-order valence-electron chi connectivity index (χ2n) is 12.9. The van der Waals surface area contributed by atoms with Crippen LogP contribution in [0.25, 0.3) is 45.0 Å². The molecule has 4 nitrogen and oxygen atoms in total. The fourth-order valence-corrected chi connectivity index (χ4v) is 5.44. The Hall–Kier alpha value is -4.06. The zero-order valence-corrected chi connectivity index (χ0v) is 26.0. The summed E-state index contributed by atoms with van der Waals surface area (Å²) in [5.41, 5.74) is 8.76. The Bertz CT molecular complexity index is 1700. The maximum atomic E-state index is 6.28. The third-order valence-electron chi connectivity index (χ3n) is 8.57. The molecule has 5 aromatic rings. The summed E-state index contributed by atoms with van der Waals surface area (Å²) in [7, 11) is -0.401. The van der Waals surface area contributed by atoms with Crippen LogP contribution in [0.4, 0.5) is 0 Å². The lowest BCUT2D eigenvalue weighted by molar-refractivity contribution is 0.00578. The van der Waals surface area contributed by atoms with Crippen LogP contribution in [-0.2, 0) is 15.7 Å². The van der Waals surface area contributed by atoms with E-state index in [9.17, 15) is 0 Å². The second kappa shape index (κ2) is 11.6. The molecule has 6 rings (SSSR count). The first-order valence-electron chi connectivity index (χ1n) is 15.2. The first-order chi connectivity index (χ1) is 20.6. The van der Waals surface area contributed by atoms with Gasteiger partial charge in [0.2, 0.25) is 0 Å². The predicted molar refractivity (Wildman–Crippen MR) is 178 cm³/mol. The van der Waals surface area contributed by atoms with E-state index in [0.29, 0.717) is 5.92 Å². The molecule has 1 aliphatic rings. The summed E-state index contributed by atoms with van der Waals surface area (Å²) in [5, 5.41) is 0. The van der Waals surface area contributed by atoms with E-state index in [1.807, 2.05) is 6.07 Å². The van der Waals surface area contributed by atoms with Gasteiger partial charge in [0.25, 0.3) is 0 Å². The maximum absolute atomic E-state index is 6.28. The highest BCUT2D eigenvalue weighted by molar-refractivity contribution is 6.62. The predicted octanol–water partition coefficient (Wildman–Crippen LogP) is 8.64. The van der Waals surface area contributed by atoms with Gasteiger partial charge in [0, 0.05) is 16.7 Å². The lowest BCUT2D eigenvalue weighted by Crippen LogP contribution is -2.41. The van der Waals surface area contributed by atoms with E-state index >= 15 is 0 Å². The Morgan fingerprint density at radius 1 is 0.581 bits per heavy atom. The Kier molecular flexibility index (Phi) is 7.80. The highest BCUT2D eigenvalue weighted by atomic mass is 16.7. The number of aromatic nitrogens is 2. The van der Waals surface area contributed by atoms with Gasteiger partial charge in [-0.2, -0.15) is 0 Å². The van der Waals surface area contributed by atoms with Gasteiger partial charge in [-0.05, 0) is 74.3 Å². The quantitative estimate of drug-likeness (QED) is 0.185. The van der Waals surface area contributed by atoms with Crippen molar-refractivity contribution in [1.29, 1.82) is 0 Å². The molecule has 4 aromatic carbocycles. The van der Waals surface area contributed by atoms with Crippen LogP contribution in [0.5, 0.6) is 0 Å². The average Bonchev–Trinajstić information content (AvgIpc) is 3.23. The van der Waals surface area contributed by atoms with E-state index in [1.54, 1.807) is 0 Å². The summed E-state index contributed by atoms with van der Waals surface area (Å²) >= 11 is 0. The number of benzene rings is 4. The van der Waals surface area contributed by atoms with Crippen molar-refractivity contribution >= 4 is 12.6 Å². The standard InChI is InChI=1S/C38H39BN2O2/c1-26(2)23-27-11-10-14-32(24-27)36-40-34(30-17-15-29(16-18-30)28-12-8-7-9-13-28)25-35(41-36)31-19-21-33(22-20-31)39-42-37(3,4)38(5,6)43-39/h7-22,24-26H,23H2,1-6H3. The van der Waals surface area contributed by atoms with Gasteiger partial charge in [-0.25, -0.2) is 9.97 Å². The molecule has 1 aromatic heterocycles. The van der Waals surface area contributed by atoms with E-state index in [4.69, 9.17) is 19.3 Å². The molecule has 0 unspecified atom stereocenters. The first-order valence-corrected chi connectivity index (χ1v) is 15.2. The monoisotopic (exact) mass is 566 g/mol. The molecule has 1 fully saturated rings. The molecule has 0 amide bonds. The Morgan fingerprint density at radius 2 is 1.09 bits per heavy atom. The zero-order chi connectivity index (χ0) is 30.2. The SMILES string of the molecule is CC(C)Cc1cccc(-c2nc(-c3ccc(B4OC(C)(C)C(C)(C)O4)cc3)cc(-c3ccc(-c4ccccc4)cc3)n2)c1. The fourth-order valence-electron chi connectivity index (χ4n) is 5.44. The van der Waals surface area contributed by atoms with Gasteiger partial charge in [-0.15, -0.1) is 0 Å². The smallest absolute Gasteiger partial charge is 0.399 e. The van der Waals surface area contributed by atoms with E-state index in [1.165, 1.54) is 16.7 Å². The van der Waals surface area contributed by atoms with Gasteiger partial charge in [0.1, 0.15) is 0 Å². The third-order valence-corrected chi connectivity index (χ3v) is 8.57. The summed E-state index contributed by atoms with van der Waals surface area (Å²) in [6.45, 7) is 12.8. The second-order valence-corrected chi connectivity index (χ2v) is 12.9. The van der Waals surface area contributed by atoms with Crippen LogP contribution in [0.2, 0.25) is 0 Å². The molecular weight excluding hydrogens is 527 g/mol. The molecule has 1 saturated heterocycles. The van der Waals surface area contributed by atoms with Crippen LogP contribution < -0.4 is 5.46 Å².